The van der Waals surface area contributed by atoms with Gasteiger partial charge in [0.15, 0.2) is 0 Å². The molecule has 1 N–H and O–H groups in total. The van der Waals surface area contributed by atoms with E-state index in [-0.39, 0.29) is 5.91 Å². The largest absolute Gasteiger partial charge is 0.349 e. The summed E-state index contributed by atoms with van der Waals surface area (Å²) >= 11 is 0. The Kier molecular flexibility index (Phi) is 7.50. The van der Waals surface area contributed by atoms with Crippen molar-refractivity contribution >= 4 is 5.91 Å². The van der Waals surface area contributed by atoms with Gasteiger partial charge in [0.2, 0.25) is 5.91 Å². The Labute approximate surface area is 79.3 Å². The molecular weight excluding hydrogens is 162 g/mol. The van der Waals surface area contributed by atoms with Gasteiger partial charge in [0.1, 0.15) is 0 Å². The molecule has 0 fully saturated rings. The minimum atomic E-state index is -0.151. The van der Waals surface area contributed by atoms with Gasteiger partial charge in [-0.3, -0.25) is 4.79 Å². The van der Waals surface area contributed by atoms with E-state index in [0.717, 1.165) is 0 Å². The van der Waals surface area contributed by atoms with Crippen LogP contribution in [0.2, 0.25) is 0 Å². The van der Waals surface area contributed by atoms with E-state index < -0.39 is 0 Å². The maximum atomic E-state index is 10.7. The number of nitrogens with one attached hydrogen (secondary N) is 1. The van der Waals surface area contributed by atoms with Crippen molar-refractivity contribution in [2.24, 2.45) is 0 Å². The summed E-state index contributed by atoms with van der Waals surface area (Å²) in [5.41, 5.74) is 0. The highest BCUT2D eigenvalue weighted by Gasteiger charge is 1.86. The van der Waals surface area contributed by atoms with Crippen molar-refractivity contribution in [1.82, 2.24) is 5.32 Å². The van der Waals surface area contributed by atoms with Crippen LogP contribution >= 0.6 is 0 Å². The van der Waals surface area contributed by atoms with E-state index >= 15 is 0 Å². The first-order chi connectivity index (χ1) is 6.31. The van der Waals surface area contributed by atoms with Crippen LogP contribution in [0, 0.1) is 0 Å². The molecule has 70 valence electrons. The third kappa shape index (κ3) is 8.34. The zero-order valence-corrected chi connectivity index (χ0v) is 7.86. The molecule has 0 aliphatic heterocycles. The number of carbonyl (C=O) groups is 1. The topological polar surface area (TPSA) is 29.1 Å². The molecule has 0 spiro atoms. The van der Waals surface area contributed by atoms with Crippen LogP contribution in [0.1, 0.15) is 6.92 Å². The maximum absolute atomic E-state index is 10.7. The van der Waals surface area contributed by atoms with Crippen LogP contribution < -0.4 is 5.32 Å². The maximum Gasteiger partial charge on any atom is 0.243 e. The highest BCUT2D eigenvalue weighted by molar-refractivity contribution is 5.86. The first-order valence-electron chi connectivity index (χ1n) is 4.16. The molecule has 0 radical (unpaired) electrons. The molecule has 0 bridgehead atoms. The van der Waals surface area contributed by atoms with Crippen LogP contribution in [0.5, 0.6) is 0 Å². The predicted molar refractivity (Wildman–Crippen MR) is 56.3 cm³/mol. The summed E-state index contributed by atoms with van der Waals surface area (Å²) in [5.74, 6) is -0.151. The zero-order valence-electron chi connectivity index (χ0n) is 7.86. The van der Waals surface area contributed by atoms with Gasteiger partial charge in [0.25, 0.3) is 0 Å². The Bertz CT molecular complexity index is 236. The van der Waals surface area contributed by atoms with Gasteiger partial charge in [-0.2, -0.15) is 0 Å². The molecule has 2 heteroatoms. The minimum absolute atomic E-state index is 0.151. The molecule has 0 atom stereocenters. The molecule has 0 aromatic rings. The third-order valence-corrected chi connectivity index (χ3v) is 1.24. The minimum Gasteiger partial charge on any atom is -0.349 e. The van der Waals surface area contributed by atoms with Crippen molar-refractivity contribution < 1.29 is 4.79 Å². The van der Waals surface area contributed by atoms with E-state index in [0.29, 0.717) is 6.54 Å². The Morgan fingerprint density at radius 2 is 2.00 bits per heavy atom. The van der Waals surface area contributed by atoms with Crippen LogP contribution in [0.25, 0.3) is 0 Å². The van der Waals surface area contributed by atoms with Crippen molar-refractivity contribution in [3.63, 3.8) is 0 Å². The van der Waals surface area contributed by atoms with Crippen molar-refractivity contribution in [1.29, 1.82) is 0 Å². The molecule has 2 nitrogen and oxygen atoms in total. The van der Waals surface area contributed by atoms with E-state index in [1.165, 1.54) is 6.08 Å². The van der Waals surface area contributed by atoms with Crippen LogP contribution in [0.3, 0.4) is 0 Å². The standard InChI is InChI=1S/C11H15NO/c1-3-5-6-7-8-9-10-12-11(13)4-2/h3-9H,2,10H2,1H3,(H,12,13)/b5-3-,7-6-,9-8+. The summed E-state index contributed by atoms with van der Waals surface area (Å²) in [6.07, 6.45) is 12.7. The van der Waals surface area contributed by atoms with E-state index in [1.807, 2.05) is 43.4 Å². The fourth-order valence-electron chi connectivity index (χ4n) is 0.618. The average molecular weight is 177 g/mol. The molecule has 0 aliphatic rings. The average Bonchev–Trinajstić information content (AvgIpc) is 2.16. The molecule has 0 saturated heterocycles. The fraction of sp³-hybridized carbons (Fsp3) is 0.182. The van der Waals surface area contributed by atoms with E-state index in [4.69, 9.17) is 0 Å². The number of carbonyl (C=O) groups excluding carboxylic acids is 1. The number of allylic oxidation sites excluding steroid dienone is 5. The Morgan fingerprint density at radius 3 is 2.62 bits per heavy atom. The summed E-state index contributed by atoms with van der Waals surface area (Å²) in [7, 11) is 0. The van der Waals surface area contributed by atoms with Gasteiger partial charge in [-0.1, -0.05) is 43.0 Å². The first kappa shape index (κ1) is 11.4. The van der Waals surface area contributed by atoms with E-state index in [2.05, 4.69) is 11.9 Å². The van der Waals surface area contributed by atoms with Gasteiger partial charge in [-0.05, 0) is 13.0 Å². The molecule has 0 aromatic carbocycles. The lowest BCUT2D eigenvalue weighted by Crippen LogP contribution is -2.20. The Balaban J connectivity index is 3.52. The first-order valence-corrected chi connectivity index (χ1v) is 4.16. The lowest BCUT2D eigenvalue weighted by atomic mass is 10.4. The van der Waals surface area contributed by atoms with Crippen LogP contribution in [-0.2, 0) is 4.79 Å². The number of hydrogen-bond donors (Lipinski definition) is 1. The van der Waals surface area contributed by atoms with Crippen LogP contribution in [0.4, 0.5) is 0 Å². The summed E-state index contributed by atoms with van der Waals surface area (Å²) in [6, 6.07) is 0. The molecule has 1 amide bonds. The van der Waals surface area contributed by atoms with Crippen LogP contribution in [-0.4, -0.2) is 12.5 Å². The van der Waals surface area contributed by atoms with Crippen molar-refractivity contribution in [2.45, 2.75) is 6.92 Å². The summed E-state index contributed by atoms with van der Waals surface area (Å²) < 4.78 is 0. The van der Waals surface area contributed by atoms with Gasteiger partial charge < -0.3 is 5.32 Å². The molecule has 0 saturated carbocycles. The molecule has 0 heterocycles. The van der Waals surface area contributed by atoms with Gasteiger partial charge in [0.05, 0.1) is 0 Å². The second-order valence-electron chi connectivity index (χ2n) is 2.29. The summed E-state index contributed by atoms with van der Waals surface area (Å²) in [4.78, 5) is 10.7. The second kappa shape index (κ2) is 8.53. The van der Waals surface area contributed by atoms with Gasteiger partial charge in [0, 0.05) is 6.54 Å². The van der Waals surface area contributed by atoms with Gasteiger partial charge in [-0.15, -0.1) is 0 Å². The highest BCUT2D eigenvalue weighted by Crippen LogP contribution is 1.79. The molecule has 0 aromatic heterocycles. The quantitative estimate of drug-likeness (QED) is 0.505. The van der Waals surface area contributed by atoms with Crippen molar-refractivity contribution in [3.05, 3.63) is 49.1 Å². The Hall–Kier alpha value is -1.57. The molecule has 0 rings (SSSR count). The summed E-state index contributed by atoms with van der Waals surface area (Å²) in [6.45, 7) is 5.83. The van der Waals surface area contributed by atoms with Crippen molar-refractivity contribution in [2.75, 3.05) is 6.54 Å². The lowest BCUT2D eigenvalue weighted by Gasteiger charge is -1.93. The smallest absolute Gasteiger partial charge is 0.243 e. The fourth-order valence-corrected chi connectivity index (χ4v) is 0.618. The SMILES string of the molecule is C=CC(=O)NC/C=C/C=C\C=C/C. The number of rotatable bonds is 5. The monoisotopic (exact) mass is 177 g/mol. The zero-order chi connectivity index (χ0) is 9.94. The summed E-state index contributed by atoms with van der Waals surface area (Å²) in [5, 5.41) is 2.63. The lowest BCUT2D eigenvalue weighted by molar-refractivity contribution is -0.116. The molecule has 0 unspecified atom stereocenters. The second-order valence-corrected chi connectivity index (χ2v) is 2.29. The third-order valence-electron chi connectivity index (χ3n) is 1.24. The van der Waals surface area contributed by atoms with Crippen molar-refractivity contribution in [3.8, 4) is 0 Å². The van der Waals surface area contributed by atoms with E-state index in [1.54, 1.807) is 0 Å². The van der Waals surface area contributed by atoms with Gasteiger partial charge >= 0.3 is 0 Å². The normalized spacial score (nSPS) is 11.5. The van der Waals surface area contributed by atoms with Gasteiger partial charge in [-0.25, -0.2) is 0 Å². The highest BCUT2D eigenvalue weighted by atomic mass is 16.1. The number of hydrogen-bond acceptors (Lipinski definition) is 1. The molecule has 13 heavy (non-hydrogen) atoms. The van der Waals surface area contributed by atoms with Crippen LogP contribution in [0.15, 0.2) is 49.1 Å². The predicted octanol–water partition coefficient (Wildman–Crippen LogP) is 1.98. The number of amides is 1. The molecular formula is C11H15NO. The molecule has 0 aliphatic carbocycles. The van der Waals surface area contributed by atoms with E-state index in [9.17, 15) is 4.79 Å². The Morgan fingerprint density at radius 1 is 1.31 bits per heavy atom.